The lowest BCUT2D eigenvalue weighted by molar-refractivity contribution is -0.115. The second kappa shape index (κ2) is 6.48. The molecule has 0 aliphatic carbocycles. The Morgan fingerprint density at radius 1 is 1.14 bits per heavy atom. The largest absolute Gasteiger partial charge is 0.397 e. The van der Waals surface area contributed by atoms with Gasteiger partial charge in [0.25, 0.3) is 0 Å². The zero-order chi connectivity index (χ0) is 11.0. The van der Waals surface area contributed by atoms with Gasteiger partial charge in [-0.2, -0.15) is 0 Å². The fraction of sp³-hybridized carbons (Fsp3) is 0. The highest BCUT2D eigenvalue weighted by Crippen LogP contribution is 2.00. The van der Waals surface area contributed by atoms with Gasteiger partial charge in [-0.3, -0.25) is 4.79 Å². The molecule has 0 heterocycles. The van der Waals surface area contributed by atoms with Crippen molar-refractivity contribution in [1.82, 2.24) is 5.32 Å². The van der Waals surface area contributed by atoms with E-state index in [0.717, 1.165) is 6.08 Å². The topological polar surface area (TPSA) is 55.1 Å². The van der Waals surface area contributed by atoms with Gasteiger partial charge in [-0.1, -0.05) is 31.9 Å². The van der Waals surface area contributed by atoms with Crippen LogP contribution in [0.4, 0.5) is 0 Å². The molecule has 0 rings (SSSR count). The molecule has 1 amide bonds. The molecule has 0 unspecified atom stereocenters. The summed E-state index contributed by atoms with van der Waals surface area (Å²) in [5.41, 5.74) is 6.53. The standard InChI is InChI=1S/C11H14N2O/c1-4-7-9(12)10(8-5-2)13-11(14)6-3/h4-8H,1-3,12H2,(H,13,14)/b9-7+,10-8+. The number of nitrogens with one attached hydrogen (secondary N) is 1. The number of nitrogens with two attached hydrogens (primary N) is 1. The van der Waals surface area contributed by atoms with E-state index < -0.39 is 0 Å². The Bertz CT molecular complexity index is 311. The van der Waals surface area contributed by atoms with E-state index >= 15 is 0 Å². The maximum Gasteiger partial charge on any atom is 0.247 e. The monoisotopic (exact) mass is 190 g/mol. The summed E-state index contributed by atoms with van der Waals surface area (Å²) in [6.07, 6.45) is 7.41. The van der Waals surface area contributed by atoms with Crippen LogP contribution in [0.25, 0.3) is 0 Å². The molecule has 0 spiro atoms. The smallest absolute Gasteiger partial charge is 0.247 e. The van der Waals surface area contributed by atoms with Crippen molar-refractivity contribution in [3.63, 3.8) is 0 Å². The molecule has 3 N–H and O–H groups in total. The molecule has 0 radical (unpaired) electrons. The van der Waals surface area contributed by atoms with Crippen molar-refractivity contribution >= 4 is 5.91 Å². The highest BCUT2D eigenvalue weighted by atomic mass is 16.1. The van der Waals surface area contributed by atoms with Gasteiger partial charge in [0.15, 0.2) is 0 Å². The first kappa shape index (κ1) is 12.0. The third kappa shape index (κ3) is 4.11. The molecule has 0 aliphatic heterocycles. The normalized spacial score (nSPS) is 11.7. The Balaban J connectivity index is 4.78. The molecule has 14 heavy (non-hydrogen) atoms. The summed E-state index contributed by atoms with van der Waals surface area (Å²) in [5.74, 6) is -0.321. The minimum atomic E-state index is -0.321. The zero-order valence-electron chi connectivity index (χ0n) is 7.99. The summed E-state index contributed by atoms with van der Waals surface area (Å²) in [6.45, 7) is 10.3. The number of rotatable bonds is 5. The van der Waals surface area contributed by atoms with Gasteiger partial charge >= 0.3 is 0 Å². The number of carbonyl (C=O) groups is 1. The third-order valence-corrected chi connectivity index (χ3v) is 1.34. The fourth-order valence-electron chi connectivity index (χ4n) is 0.728. The highest BCUT2D eigenvalue weighted by molar-refractivity contribution is 5.88. The lowest BCUT2D eigenvalue weighted by atomic mass is 10.2. The van der Waals surface area contributed by atoms with Crippen LogP contribution < -0.4 is 11.1 Å². The van der Waals surface area contributed by atoms with Crippen molar-refractivity contribution in [2.75, 3.05) is 0 Å². The van der Waals surface area contributed by atoms with Gasteiger partial charge in [0.05, 0.1) is 11.4 Å². The van der Waals surface area contributed by atoms with Gasteiger partial charge < -0.3 is 11.1 Å². The van der Waals surface area contributed by atoms with Gasteiger partial charge in [-0.05, 0) is 18.2 Å². The first-order chi connectivity index (χ1) is 6.65. The van der Waals surface area contributed by atoms with Crippen molar-refractivity contribution in [3.8, 4) is 0 Å². The maximum absolute atomic E-state index is 11.0. The first-order valence-electron chi connectivity index (χ1n) is 4.00. The van der Waals surface area contributed by atoms with Gasteiger partial charge in [0.2, 0.25) is 5.91 Å². The van der Waals surface area contributed by atoms with Gasteiger partial charge in [0.1, 0.15) is 0 Å². The van der Waals surface area contributed by atoms with E-state index in [4.69, 9.17) is 5.73 Å². The minimum absolute atomic E-state index is 0.321. The van der Waals surface area contributed by atoms with Crippen LogP contribution in [0.2, 0.25) is 0 Å². The molecular formula is C11H14N2O. The summed E-state index contributed by atoms with van der Waals surface area (Å²) in [7, 11) is 0. The number of hydrogen-bond donors (Lipinski definition) is 2. The quantitative estimate of drug-likeness (QED) is 0.508. The van der Waals surface area contributed by atoms with E-state index in [-0.39, 0.29) is 5.91 Å². The SMILES string of the molecule is C=C/C=C(N)\C(=C/C=C)NC(=O)C=C. The molecule has 0 aromatic carbocycles. The summed E-state index contributed by atoms with van der Waals surface area (Å²) in [5, 5.41) is 2.54. The zero-order valence-corrected chi connectivity index (χ0v) is 7.99. The molecule has 0 fully saturated rings. The molecule has 3 heteroatoms. The number of carbonyl (C=O) groups excluding carboxylic acids is 1. The number of allylic oxidation sites excluding steroid dienone is 4. The van der Waals surface area contributed by atoms with Crippen molar-refractivity contribution in [3.05, 3.63) is 61.5 Å². The molecule has 0 saturated heterocycles. The molecule has 0 saturated carbocycles. The van der Waals surface area contributed by atoms with Crippen molar-refractivity contribution < 1.29 is 4.79 Å². The lowest BCUT2D eigenvalue weighted by Crippen LogP contribution is -2.23. The summed E-state index contributed by atoms with van der Waals surface area (Å²) in [6, 6.07) is 0. The molecule has 0 aromatic rings. The Morgan fingerprint density at radius 2 is 1.71 bits per heavy atom. The second-order valence-electron chi connectivity index (χ2n) is 2.37. The molecule has 74 valence electrons. The van der Waals surface area contributed by atoms with E-state index in [9.17, 15) is 4.79 Å². The van der Waals surface area contributed by atoms with Crippen LogP contribution in [0.1, 0.15) is 0 Å². The fourth-order valence-corrected chi connectivity index (χ4v) is 0.728. The van der Waals surface area contributed by atoms with Crippen LogP contribution in [0.15, 0.2) is 61.5 Å². The third-order valence-electron chi connectivity index (χ3n) is 1.34. The van der Waals surface area contributed by atoms with E-state index in [2.05, 4.69) is 25.1 Å². The van der Waals surface area contributed by atoms with Crippen LogP contribution >= 0.6 is 0 Å². The van der Waals surface area contributed by atoms with Crippen LogP contribution in [0.3, 0.4) is 0 Å². The van der Waals surface area contributed by atoms with Gasteiger partial charge in [-0.25, -0.2) is 0 Å². The van der Waals surface area contributed by atoms with Crippen molar-refractivity contribution in [1.29, 1.82) is 0 Å². The van der Waals surface area contributed by atoms with Crippen LogP contribution in [-0.2, 0) is 4.79 Å². The van der Waals surface area contributed by atoms with E-state index in [0.29, 0.717) is 11.4 Å². The van der Waals surface area contributed by atoms with Gasteiger partial charge in [0, 0.05) is 0 Å². The Morgan fingerprint density at radius 3 is 2.14 bits per heavy atom. The van der Waals surface area contributed by atoms with Crippen LogP contribution in [-0.4, -0.2) is 5.91 Å². The van der Waals surface area contributed by atoms with E-state index in [1.807, 2.05) is 0 Å². The molecule has 0 bridgehead atoms. The predicted octanol–water partition coefficient (Wildman–Crippen LogP) is 1.39. The Labute approximate surface area is 84.0 Å². The summed E-state index contributed by atoms with van der Waals surface area (Å²) >= 11 is 0. The lowest BCUT2D eigenvalue weighted by Gasteiger charge is -2.06. The molecule has 0 aliphatic rings. The molecule has 3 nitrogen and oxygen atoms in total. The van der Waals surface area contributed by atoms with Crippen molar-refractivity contribution in [2.24, 2.45) is 5.73 Å². The van der Waals surface area contributed by atoms with E-state index in [1.54, 1.807) is 12.2 Å². The average Bonchev–Trinajstić information content (AvgIpc) is 2.17. The van der Waals surface area contributed by atoms with Crippen molar-refractivity contribution in [2.45, 2.75) is 0 Å². The highest BCUT2D eigenvalue weighted by Gasteiger charge is 2.01. The second-order valence-corrected chi connectivity index (χ2v) is 2.37. The maximum atomic E-state index is 11.0. The molecular weight excluding hydrogens is 176 g/mol. The first-order valence-corrected chi connectivity index (χ1v) is 4.00. The summed E-state index contributed by atoms with van der Waals surface area (Å²) < 4.78 is 0. The van der Waals surface area contributed by atoms with Crippen LogP contribution in [0.5, 0.6) is 0 Å². The molecule has 0 atom stereocenters. The Kier molecular flexibility index (Phi) is 5.54. The number of amides is 1. The van der Waals surface area contributed by atoms with E-state index in [1.165, 1.54) is 12.2 Å². The molecule has 0 aromatic heterocycles. The number of hydrogen-bond acceptors (Lipinski definition) is 2. The Hall–Kier alpha value is -2.03. The van der Waals surface area contributed by atoms with Crippen LogP contribution in [0, 0.1) is 0 Å². The summed E-state index contributed by atoms with van der Waals surface area (Å²) in [4.78, 5) is 11.0. The van der Waals surface area contributed by atoms with Gasteiger partial charge in [-0.15, -0.1) is 0 Å². The minimum Gasteiger partial charge on any atom is -0.397 e. The predicted molar refractivity (Wildman–Crippen MR) is 59.1 cm³/mol. The average molecular weight is 190 g/mol.